The number of halogens is 3. The van der Waals surface area contributed by atoms with Crippen LogP contribution in [0.15, 0.2) is 83.4 Å². The minimum Gasteiger partial charge on any atom is -0.489 e. The first kappa shape index (κ1) is 25.0. The van der Waals surface area contributed by atoms with Gasteiger partial charge >= 0.3 is 12.1 Å². The molecule has 4 rings (SSSR count). The van der Waals surface area contributed by atoms with Crippen LogP contribution in [0.5, 0.6) is 5.75 Å². The lowest BCUT2D eigenvalue weighted by molar-refractivity contribution is -0.141. The summed E-state index contributed by atoms with van der Waals surface area (Å²) in [5.41, 5.74) is 3.19. The molecule has 0 amide bonds. The molecule has 8 heteroatoms. The summed E-state index contributed by atoms with van der Waals surface area (Å²) in [6.07, 6.45) is -4.24. The second kappa shape index (κ2) is 10.7. The molecule has 1 heterocycles. The van der Waals surface area contributed by atoms with Gasteiger partial charge in [0.25, 0.3) is 0 Å². The van der Waals surface area contributed by atoms with E-state index in [9.17, 15) is 18.0 Å². The Labute approximate surface area is 206 Å². The Bertz CT molecular complexity index is 1310. The van der Waals surface area contributed by atoms with Crippen molar-refractivity contribution in [3.8, 4) is 16.9 Å². The molecule has 0 radical (unpaired) electrons. The van der Waals surface area contributed by atoms with Crippen LogP contribution in [0.1, 0.15) is 40.5 Å². The van der Waals surface area contributed by atoms with Crippen LogP contribution in [0.4, 0.5) is 13.2 Å². The van der Waals surface area contributed by atoms with Crippen LogP contribution >= 0.6 is 0 Å². The van der Waals surface area contributed by atoms with E-state index in [0.717, 1.165) is 28.8 Å². The van der Waals surface area contributed by atoms with Gasteiger partial charge in [-0.2, -0.15) is 13.2 Å². The highest BCUT2D eigenvalue weighted by molar-refractivity contribution is 5.71. The van der Waals surface area contributed by atoms with Crippen molar-refractivity contribution in [2.24, 2.45) is 0 Å². The average molecular weight is 495 g/mol. The van der Waals surface area contributed by atoms with E-state index in [-0.39, 0.29) is 24.9 Å². The minimum absolute atomic E-state index is 0.124. The van der Waals surface area contributed by atoms with Gasteiger partial charge in [-0.15, -0.1) is 0 Å². The molecule has 1 unspecified atom stereocenters. The van der Waals surface area contributed by atoms with E-state index in [2.05, 4.69) is 5.16 Å². The second-order valence-corrected chi connectivity index (χ2v) is 8.33. The van der Waals surface area contributed by atoms with Crippen molar-refractivity contribution < 1.29 is 32.0 Å². The first-order valence-corrected chi connectivity index (χ1v) is 11.2. The van der Waals surface area contributed by atoms with Crippen LogP contribution in [0.3, 0.4) is 0 Å². The van der Waals surface area contributed by atoms with E-state index in [1.807, 2.05) is 48.5 Å². The van der Waals surface area contributed by atoms with E-state index in [4.69, 9.17) is 14.0 Å². The molecule has 0 fully saturated rings. The molecule has 0 spiro atoms. The van der Waals surface area contributed by atoms with Crippen LogP contribution in [-0.2, 0) is 22.3 Å². The summed E-state index contributed by atoms with van der Waals surface area (Å²) in [4.78, 5) is 11.9. The third kappa shape index (κ3) is 6.13. The van der Waals surface area contributed by atoms with Gasteiger partial charge in [0.1, 0.15) is 18.1 Å². The van der Waals surface area contributed by atoms with Crippen molar-refractivity contribution in [3.05, 3.63) is 107 Å². The molecule has 4 aromatic rings. The quantitative estimate of drug-likeness (QED) is 0.248. The maximum Gasteiger partial charge on any atom is 0.416 e. The van der Waals surface area contributed by atoms with Gasteiger partial charge in [0.15, 0.2) is 0 Å². The number of alkyl halides is 3. The normalized spacial score (nSPS) is 12.2. The van der Waals surface area contributed by atoms with Crippen molar-refractivity contribution in [1.82, 2.24) is 5.16 Å². The fourth-order valence-corrected chi connectivity index (χ4v) is 3.85. The van der Waals surface area contributed by atoms with Gasteiger partial charge in [-0.25, -0.2) is 0 Å². The molecule has 1 aromatic heterocycles. The predicted octanol–water partition coefficient (Wildman–Crippen LogP) is 6.94. The van der Waals surface area contributed by atoms with Gasteiger partial charge in [0.05, 0.1) is 24.8 Å². The van der Waals surface area contributed by atoms with Crippen molar-refractivity contribution in [2.75, 3.05) is 7.11 Å². The third-order valence-corrected chi connectivity index (χ3v) is 5.76. The summed E-state index contributed by atoms with van der Waals surface area (Å²) < 4.78 is 54.4. The number of aromatic nitrogens is 1. The molecule has 0 bridgehead atoms. The Morgan fingerprint density at radius 3 is 2.31 bits per heavy atom. The number of rotatable bonds is 8. The molecule has 36 heavy (non-hydrogen) atoms. The molecule has 0 saturated heterocycles. The Balaban J connectivity index is 1.44. The fourth-order valence-electron chi connectivity index (χ4n) is 3.85. The highest BCUT2D eigenvalue weighted by atomic mass is 19.4. The monoisotopic (exact) mass is 495 g/mol. The van der Waals surface area contributed by atoms with Gasteiger partial charge in [-0.1, -0.05) is 47.6 Å². The second-order valence-electron chi connectivity index (χ2n) is 8.33. The van der Waals surface area contributed by atoms with Crippen LogP contribution in [0.2, 0.25) is 0 Å². The molecule has 0 aliphatic rings. The lowest BCUT2D eigenvalue weighted by Crippen LogP contribution is -2.10. The zero-order valence-electron chi connectivity index (χ0n) is 19.7. The van der Waals surface area contributed by atoms with E-state index in [1.165, 1.54) is 19.2 Å². The van der Waals surface area contributed by atoms with Crippen molar-refractivity contribution in [3.63, 3.8) is 0 Å². The predicted molar refractivity (Wildman–Crippen MR) is 127 cm³/mol. The van der Waals surface area contributed by atoms with Crippen molar-refractivity contribution >= 4 is 5.97 Å². The number of carbonyl (C=O) groups is 1. The van der Waals surface area contributed by atoms with Crippen LogP contribution in [-0.4, -0.2) is 18.2 Å². The number of hydrogen-bond acceptors (Lipinski definition) is 5. The molecule has 186 valence electrons. The number of nitrogens with zero attached hydrogens (tertiary/aromatic N) is 1. The highest BCUT2D eigenvalue weighted by Gasteiger charge is 2.30. The molecule has 3 aromatic carbocycles. The van der Waals surface area contributed by atoms with E-state index >= 15 is 0 Å². The highest BCUT2D eigenvalue weighted by Crippen LogP contribution is 2.32. The number of carbonyl (C=O) groups excluding carboxylic acids is 1. The Morgan fingerprint density at radius 2 is 1.69 bits per heavy atom. The van der Waals surface area contributed by atoms with E-state index < -0.39 is 11.7 Å². The summed E-state index contributed by atoms with van der Waals surface area (Å²) in [7, 11) is 1.34. The fraction of sp³-hybridized carbons (Fsp3) is 0.214. The Hall–Kier alpha value is -4.07. The van der Waals surface area contributed by atoms with Gasteiger partial charge in [0, 0.05) is 12.0 Å². The van der Waals surface area contributed by atoms with Gasteiger partial charge in [-0.3, -0.25) is 4.79 Å². The number of hydrogen-bond donors (Lipinski definition) is 0. The van der Waals surface area contributed by atoms with E-state index in [1.54, 1.807) is 13.0 Å². The average Bonchev–Trinajstić information content (AvgIpc) is 3.32. The smallest absolute Gasteiger partial charge is 0.416 e. The molecule has 0 aliphatic carbocycles. The molecule has 1 atom stereocenters. The van der Waals surface area contributed by atoms with Crippen molar-refractivity contribution in [2.45, 2.75) is 32.0 Å². The third-order valence-electron chi connectivity index (χ3n) is 5.76. The zero-order valence-corrected chi connectivity index (χ0v) is 19.7. The van der Waals surface area contributed by atoms with Crippen LogP contribution < -0.4 is 4.74 Å². The molecule has 0 N–H and O–H groups in total. The number of aryl methyl sites for hydroxylation is 1. The van der Waals surface area contributed by atoms with Crippen molar-refractivity contribution in [1.29, 1.82) is 0 Å². The molecular weight excluding hydrogens is 471 g/mol. The first-order valence-electron chi connectivity index (χ1n) is 11.2. The van der Waals surface area contributed by atoms with Gasteiger partial charge < -0.3 is 14.0 Å². The summed E-state index contributed by atoms with van der Waals surface area (Å²) in [5, 5.41) is 4.06. The number of ether oxygens (including phenoxy) is 2. The zero-order chi connectivity index (χ0) is 25.7. The van der Waals surface area contributed by atoms with Gasteiger partial charge in [-0.05, 0) is 59.5 Å². The lowest BCUT2D eigenvalue weighted by atomic mass is 9.92. The maximum absolute atomic E-state index is 12.8. The van der Waals surface area contributed by atoms with Gasteiger partial charge in [0.2, 0.25) is 0 Å². The number of benzene rings is 3. The SMILES string of the molecule is COC(=O)CC(c1ccc(OCc2cccc(-c3ccc(C(F)(F)F)cc3)c2)cc1)c1cc(C)on1. The van der Waals surface area contributed by atoms with E-state index in [0.29, 0.717) is 22.8 Å². The summed E-state index contributed by atoms with van der Waals surface area (Å²) in [6.45, 7) is 2.07. The molecule has 0 aliphatic heterocycles. The standard InChI is InChI=1S/C28H24F3NO4/c1-18-14-26(32-36-18)25(16-27(33)34-2)21-8-12-24(13-9-21)35-17-19-4-3-5-22(15-19)20-6-10-23(11-7-20)28(29,30)31/h3-15,25H,16-17H2,1-2H3. The maximum atomic E-state index is 12.8. The molecule has 0 saturated carbocycles. The summed E-state index contributed by atoms with van der Waals surface area (Å²) in [5.74, 6) is 0.614. The summed E-state index contributed by atoms with van der Waals surface area (Å²) in [6, 6.07) is 21.7. The van der Waals surface area contributed by atoms with Crippen LogP contribution in [0, 0.1) is 6.92 Å². The number of esters is 1. The first-order chi connectivity index (χ1) is 17.2. The topological polar surface area (TPSA) is 61.6 Å². The summed E-state index contributed by atoms with van der Waals surface area (Å²) >= 11 is 0. The number of methoxy groups -OCH3 is 1. The minimum atomic E-state index is -4.36. The molecular formula is C28H24F3NO4. The lowest BCUT2D eigenvalue weighted by Gasteiger charge is -2.14. The molecule has 5 nitrogen and oxygen atoms in total. The Morgan fingerprint density at radius 1 is 0.972 bits per heavy atom. The van der Waals surface area contributed by atoms with Crippen LogP contribution in [0.25, 0.3) is 11.1 Å². The largest absolute Gasteiger partial charge is 0.489 e. The Kier molecular flexibility index (Phi) is 7.43.